The fourth-order valence-electron chi connectivity index (χ4n) is 2.72. The van der Waals surface area contributed by atoms with E-state index < -0.39 is 15.7 Å². The molecule has 1 heterocycles. The van der Waals surface area contributed by atoms with Gasteiger partial charge in [-0.1, -0.05) is 23.2 Å². The first-order valence-electron chi connectivity index (χ1n) is 8.08. The van der Waals surface area contributed by atoms with Crippen molar-refractivity contribution >= 4 is 50.5 Å². The van der Waals surface area contributed by atoms with Gasteiger partial charge in [-0.15, -0.1) is 0 Å². The molecule has 0 spiro atoms. The molecule has 1 fully saturated rings. The number of anilines is 1. The number of carbonyl (C=O) groups is 2. The van der Waals surface area contributed by atoms with Crippen molar-refractivity contribution in [1.29, 1.82) is 0 Å². The summed E-state index contributed by atoms with van der Waals surface area (Å²) in [7, 11) is -3.73. The van der Waals surface area contributed by atoms with E-state index in [0.29, 0.717) is 15.7 Å². The SMILES string of the molecule is O=C1CCC(=O)N1CN(CS(=O)(=O)c1ccc(Cl)cc1)c1ccc(Cl)cc1. The summed E-state index contributed by atoms with van der Waals surface area (Å²) < 4.78 is 25.7. The summed E-state index contributed by atoms with van der Waals surface area (Å²) >= 11 is 11.7. The maximum absolute atomic E-state index is 12.8. The molecule has 0 radical (unpaired) electrons. The number of likely N-dealkylation sites (tertiary alicyclic amines) is 1. The summed E-state index contributed by atoms with van der Waals surface area (Å²) in [6.45, 7) is -0.147. The van der Waals surface area contributed by atoms with Crippen LogP contribution in [0, 0.1) is 0 Å². The molecule has 0 unspecified atom stereocenters. The number of sulfone groups is 1. The Hall–Kier alpha value is -2.09. The molecule has 1 aliphatic rings. The summed E-state index contributed by atoms with van der Waals surface area (Å²) in [4.78, 5) is 26.6. The Morgan fingerprint density at radius 2 is 1.33 bits per heavy atom. The van der Waals surface area contributed by atoms with Gasteiger partial charge >= 0.3 is 0 Å². The lowest BCUT2D eigenvalue weighted by molar-refractivity contribution is -0.138. The van der Waals surface area contributed by atoms with Gasteiger partial charge in [-0.25, -0.2) is 8.42 Å². The summed E-state index contributed by atoms with van der Waals surface area (Å²) in [5, 5.41) is 0.921. The fraction of sp³-hybridized carbons (Fsp3) is 0.222. The number of amides is 2. The van der Waals surface area contributed by atoms with Crippen LogP contribution >= 0.6 is 23.2 Å². The van der Waals surface area contributed by atoms with Crippen molar-refractivity contribution in [3.05, 3.63) is 58.6 Å². The predicted octanol–water partition coefficient (Wildman–Crippen LogP) is 3.34. The second-order valence-corrected chi connectivity index (χ2v) is 8.90. The van der Waals surface area contributed by atoms with Gasteiger partial charge in [0, 0.05) is 28.6 Å². The Labute approximate surface area is 167 Å². The highest BCUT2D eigenvalue weighted by atomic mass is 35.5. The molecule has 0 saturated carbocycles. The molecule has 2 aromatic rings. The second kappa shape index (κ2) is 7.88. The van der Waals surface area contributed by atoms with Crippen LogP contribution in [-0.4, -0.2) is 37.7 Å². The Morgan fingerprint density at radius 3 is 1.85 bits per heavy atom. The largest absolute Gasteiger partial charge is 0.338 e. The number of carbonyl (C=O) groups excluding carboxylic acids is 2. The molecule has 0 bridgehead atoms. The topological polar surface area (TPSA) is 74.8 Å². The molecule has 2 aromatic carbocycles. The molecular weight excluding hydrogens is 411 g/mol. The molecule has 2 amide bonds. The number of imide groups is 1. The minimum Gasteiger partial charge on any atom is -0.338 e. The molecule has 6 nitrogen and oxygen atoms in total. The van der Waals surface area contributed by atoms with Crippen LogP contribution in [0.25, 0.3) is 0 Å². The molecule has 27 heavy (non-hydrogen) atoms. The molecule has 0 N–H and O–H groups in total. The minimum absolute atomic E-state index is 0.102. The molecule has 1 aliphatic heterocycles. The fourth-order valence-corrected chi connectivity index (χ4v) is 4.31. The summed E-state index contributed by atoms with van der Waals surface area (Å²) in [6.07, 6.45) is 0.272. The molecular formula is C18H16Cl2N2O4S. The molecule has 0 aliphatic carbocycles. The third-order valence-corrected chi connectivity index (χ3v) is 6.30. The quantitative estimate of drug-likeness (QED) is 0.662. The average Bonchev–Trinajstić information content (AvgIpc) is 2.94. The monoisotopic (exact) mass is 426 g/mol. The van der Waals surface area contributed by atoms with Crippen LogP contribution in [0.2, 0.25) is 10.0 Å². The highest BCUT2D eigenvalue weighted by Crippen LogP contribution is 2.24. The van der Waals surface area contributed by atoms with Gasteiger partial charge in [0.25, 0.3) is 0 Å². The first-order chi connectivity index (χ1) is 12.8. The minimum atomic E-state index is -3.73. The van der Waals surface area contributed by atoms with Crippen molar-refractivity contribution in [1.82, 2.24) is 4.90 Å². The van der Waals surface area contributed by atoms with E-state index in [4.69, 9.17) is 23.2 Å². The first-order valence-corrected chi connectivity index (χ1v) is 10.5. The number of benzene rings is 2. The number of hydrogen-bond acceptors (Lipinski definition) is 5. The standard InChI is InChI=1S/C18H16Cl2N2O4S/c19-13-1-5-15(6-2-13)21(11-22-17(23)9-10-18(22)24)12-27(25,26)16-7-3-14(20)4-8-16/h1-8H,9-12H2. The Kier molecular flexibility index (Phi) is 5.74. The van der Waals surface area contributed by atoms with E-state index in [1.807, 2.05) is 0 Å². The van der Waals surface area contributed by atoms with E-state index >= 15 is 0 Å². The highest BCUT2D eigenvalue weighted by molar-refractivity contribution is 7.91. The van der Waals surface area contributed by atoms with Gasteiger partial charge in [0.2, 0.25) is 11.8 Å². The second-order valence-electron chi connectivity index (χ2n) is 6.07. The van der Waals surface area contributed by atoms with Crippen LogP contribution in [0.5, 0.6) is 0 Å². The van der Waals surface area contributed by atoms with Gasteiger partial charge in [-0.3, -0.25) is 14.5 Å². The van der Waals surface area contributed by atoms with Crippen molar-refractivity contribution in [3.63, 3.8) is 0 Å². The third kappa shape index (κ3) is 4.61. The Morgan fingerprint density at radius 1 is 0.852 bits per heavy atom. The van der Waals surface area contributed by atoms with E-state index in [9.17, 15) is 18.0 Å². The number of hydrogen-bond donors (Lipinski definition) is 0. The zero-order valence-electron chi connectivity index (χ0n) is 14.1. The lowest BCUT2D eigenvalue weighted by atomic mass is 10.3. The highest BCUT2D eigenvalue weighted by Gasteiger charge is 2.32. The normalized spacial score (nSPS) is 14.7. The van der Waals surface area contributed by atoms with E-state index in [2.05, 4.69) is 0 Å². The van der Waals surface area contributed by atoms with E-state index in [1.54, 1.807) is 24.3 Å². The lowest BCUT2D eigenvalue weighted by Crippen LogP contribution is -2.43. The average molecular weight is 427 g/mol. The van der Waals surface area contributed by atoms with Crippen LogP contribution in [0.15, 0.2) is 53.4 Å². The summed E-state index contributed by atoms with van der Waals surface area (Å²) in [5.41, 5.74) is 0.532. The van der Waals surface area contributed by atoms with E-state index in [0.717, 1.165) is 4.90 Å². The number of halogens is 2. The number of nitrogens with zero attached hydrogens (tertiary/aromatic N) is 2. The number of rotatable bonds is 6. The van der Waals surface area contributed by atoms with Gasteiger partial charge in [-0.2, -0.15) is 0 Å². The van der Waals surface area contributed by atoms with E-state index in [1.165, 1.54) is 29.2 Å². The third-order valence-electron chi connectivity index (χ3n) is 4.16. The Balaban J connectivity index is 1.91. The zero-order chi connectivity index (χ0) is 19.6. The smallest absolute Gasteiger partial charge is 0.231 e. The van der Waals surface area contributed by atoms with Crippen LogP contribution < -0.4 is 4.90 Å². The lowest BCUT2D eigenvalue weighted by Gasteiger charge is -2.28. The van der Waals surface area contributed by atoms with Crippen molar-refractivity contribution in [2.24, 2.45) is 0 Å². The van der Waals surface area contributed by atoms with Crippen molar-refractivity contribution in [3.8, 4) is 0 Å². The molecule has 142 valence electrons. The summed E-state index contributed by atoms with van der Waals surface area (Å²) in [6, 6.07) is 12.4. The molecule has 0 atom stereocenters. The molecule has 9 heteroatoms. The maximum atomic E-state index is 12.8. The van der Waals surface area contributed by atoms with Crippen molar-refractivity contribution < 1.29 is 18.0 Å². The molecule has 3 rings (SSSR count). The van der Waals surface area contributed by atoms with Crippen LogP contribution in [0.1, 0.15) is 12.8 Å². The zero-order valence-corrected chi connectivity index (χ0v) is 16.5. The first kappa shape index (κ1) is 19.7. The van der Waals surface area contributed by atoms with Crippen molar-refractivity contribution in [2.45, 2.75) is 17.7 Å². The Bertz CT molecular complexity index is 944. The van der Waals surface area contributed by atoms with Crippen LogP contribution in [0.3, 0.4) is 0 Å². The van der Waals surface area contributed by atoms with Gasteiger partial charge in [0.15, 0.2) is 9.84 Å². The van der Waals surface area contributed by atoms with Gasteiger partial charge in [-0.05, 0) is 48.5 Å². The van der Waals surface area contributed by atoms with Crippen LogP contribution in [-0.2, 0) is 19.4 Å². The van der Waals surface area contributed by atoms with Gasteiger partial charge < -0.3 is 4.90 Å². The van der Waals surface area contributed by atoms with Crippen molar-refractivity contribution in [2.75, 3.05) is 17.4 Å². The van der Waals surface area contributed by atoms with Crippen LogP contribution in [0.4, 0.5) is 5.69 Å². The van der Waals surface area contributed by atoms with Gasteiger partial charge in [0.05, 0.1) is 4.90 Å². The summed E-state index contributed by atoms with van der Waals surface area (Å²) in [5.74, 6) is -1.04. The molecule has 1 saturated heterocycles. The van der Waals surface area contributed by atoms with E-state index in [-0.39, 0.29) is 36.2 Å². The molecule has 0 aromatic heterocycles. The van der Waals surface area contributed by atoms with Gasteiger partial charge in [0.1, 0.15) is 12.5 Å². The maximum Gasteiger partial charge on any atom is 0.231 e. The predicted molar refractivity (Wildman–Crippen MR) is 103 cm³/mol.